The molecule has 29 heavy (non-hydrogen) atoms. The van der Waals surface area contributed by atoms with Crippen molar-refractivity contribution in [1.82, 2.24) is 4.31 Å². The van der Waals surface area contributed by atoms with Gasteiger partial charge in [-0.2, -0.15) is 4.31 Å². The van der Waals surface area contributed by atoms with E-state index >= 15 is 0 Å². The number of fused-ring (bicyclic) bond motifs is 1. The van der Waals surface area contributed by atoms with E-state index in [2.05, 4.69) is 5.32 Å². The molecule has 1 amide bonds. The fourth-order valence-electron chi connectivity index (χ4n) is 3.46. The number of hydrogen-bond donors (Lipinski definition) is 1. The highest BCUT2D eigenvalue weighted by atomic mass is 32.2. The van der Waals surface area contributed by atoms with Crippen molar-refractivity contribution in [3.8, 4) is 0 Å². The molecule has 0 bridgehead atoms. The second kappa shape index (κ2) is 7.81. The molecule has 0 radical (unpaired) electrons. The Labute approximate surface area is 171 Å². The number of carbonyl (C=O) groups is 1. The van der Waals surface area contributed by atoms with Gasteiger partial charge in [-0.05, 0) is 54.8 Å². The normalized spacial score (nSPS) is 14.2. The first-order valence-electron chi connectivity index (χ1n) is 9.48. The molecule has 1 N–H and O–H groups in total. The molecule has 0 aliphatic carbocycles. The molecule has 1 aliphatic rings. The van der Waals surface area contributed by atoms with Gasteiger partial charge in [0, 0.05) is 24.3 Å². The molecular formula is C23H22N2O3S. The van der Waals surface area contributed by atoms with E-state index in [0.717, 1.165) is 11.1 Å². The molecule has 0 unspecified atom stereocenters. The molecule has 0 fully saturated rings. The maximum Gasteiger partial charge on any atom is 0.255 e. The van der Waals surface area contributed by atoms with Crippen LogP contribution in [0, 0.1) is 6.92 Å². The van der Waals surface area contributed by atoms with Gasteiger partial charge in [0.2, 0.25) is 10.0 Å². The minimum Gasteiger partial charge on any atom is -0.322 e. The quantitative estimate of drug-likeness (QED) is 0.712. The number of sulfonamides is 1. The lowest BCUT2D eigenvalue weighted by molar-refractivity contribution is 0.102. The molecule has 3 aromatic carbocycles. The van der Waals surface area contributed by atoms with Crippen LogP contribution in [0.25, 0.3) is 0 Å². The summed E-state index contributed by atoms with van der Waals surface area (Å²) in [5.74, 6) is -0.338. The van der Waals surface area contributed by atoms with Gasteiger partial charge in [-0.3, -0.25) is 4.79 Å². The second-order valence-electron chi connectivity index (χ2n) is 7.21. The molecule has 6 heteroatoms. The van der Waals surface area contributed by atoms with Crippen molar-refractivity contribution in [1.29, 1.82) is 0 Å². The summed E-state index contributed by atoms with van der Waals surface area (Å²) in [6.07, 6.45) is 0.684. The zero-order valence-electron chi connectivity index (χ0n) is 16.1. The van der Waals surface area contributed by atoms with Crippen LogP contribution in [0.3, 0.4) is 0 Å². The zero-order chi connectivity index (χ0) is 20.4. The molecule has 0 atom stereocenters. The molecule has 1 heterocycles. The first-order valence-corrected chi connectivity index (χ1v) is 10.9. The standard InChI is InChI=1S/C23H22N2O3S/c1-17-9-11-21(12-10-17)24-23(26)19-7-4-8-22(15-19)29(27,28)25-14-13-18-5-2-3-6-20(18)16-25/h2-12,15H,13-14,16H2,1H3,(H,24,26). The summed E-state index contributed by atoms with van der Waals surface area (Å²) < 4.78 is 27.8. The van der Waals surface area contributed by atoms with Gasteiger partial charge in [0.05, 0.1) is 4.90 Å². The highest BCUT2D eigenvalue weighted by molar-refractivity contribution is 7.89. The number of nitrogens with one attached hydrogen (secondary N) is 1. The third-order valence-electron chi connectivity index (χ3n) is 5.14. The average Bonchev–Trinajstić information content (AvgIpc) is 2.75. The molecule has 148 valence electrons. The Bertz CT molecular complexity index is 1150. The van der Waals surface area contributed by atoms with E-state index in [1.54, 1.807) is 18.2 Å². The summed E-state index contributed by atoms with van der Waals surface area (Å²) >= 11 is 0. The Morgan fingerprint density at radius 2 is 1.66 bits per heavy atom. The first-order chi connectivity index (χ1) is 13.9. The Morgan fingerprint density at radius 1 is 0.931 bits per heavy atom. The fraction of sp³-hybridized carbons (Fsp3) is 0.174. The number of amides is 1. The van der Waals surface area contributed by atoms with Crippen molar-refractivity contribution in [2.24, 2.45) is 0 Å². The molecule has 1 aliphatic heterocycles. The van der Waals surface area contributed by atoms with Crippen LogP contribution in [-0.4, -0.2) is 25.2 Å². The number of aryl methyl sites for hydroxylation is 1. The Morgan fingerprint density at radius 3 is 2.41 bits per heavy atom. The number of nitrogens with zero attached hydrogens (tertiary/aromatic N) is 1. The Balaban J connectivity index is 1.56. The van der Waals surface area contributed by atoms with Crippen LogP contribution in [-0.2, 0) is 23.0 Å². The van der Waals surface area contributed by atoms with Crippen molar-refractivity contribution in [3.05, 3.63) is 95.1 Å². The molecule has 0 saturated carbocycles. The van der Waals surface area contributed by atoms with Crippen molar-refractivity contribution >= 4 is 21.6 Å². The largest absolute Gasteiger partial charge is 0.322 e. The van der Waals surface area contributed by atoms with Crippen LogP contribution >= 0.6 is 0 Å². The minimum atomic E-state index is -3.69. The van der Waals surface area contributed by atoms with E-state index < -0.39 is 10.0 Å². The summed E-state index contributed by atoms with van der Waals surface area (Å²) in [6, 6.07) is 21.6. The monoisotopic (exact) mass is 406 g/mol. The van der Waals surface area contributed by atoms with Gasteiger partial charge in [0.15, 0.2) is 0 Å². The molecule has 5 nitrogen and oxygen atoms in total. The summed E-state index contributed by atoms with van der Waals surface area (Å²) in [7, 11) is -3.69. The number of benzene rings is 3. The van der Waals surface area contributed by atoms with Gasteiger partial charge in [-0.1, -0.05) is 48.0 Å². The Hall–Kier alpha value is -2.96. The second-order valence-corrected chi connectivity index (χ2v) is 9.14. The fourth-order valence-corrected chi connectivity index (χ4v) is 4.93. The van der Waals surface area contributed by atoms with Gasteiger partial charge >= 0.3 is 0 Å². The summed E-state index contributed by atoms with van der Waals surface area (Å²) in [6.45, 7) is 2.75. The number of carbonyl (C=O) groups excluding carboxylic acids is 1. The summed E-state index contributed by atoms with van der Waals surface area (Å²) in [5, 5.41) is 2.81. The van der Waals surface area contributed by atoms with E-state index in [4.69, 9.17) is 0 Å². The molecule has 0 aromatic heterocycles. The van der Waals surface area contributed by atoms with Crippen molar-refractivity contribution in [2.45, 2.75) is 24.8 Å². The zero-order valence-corrected chi connectivity index (χ0v) is 16.9. The average molecular weight is 407 g/mol. The van der Waals surface area contributed by atoms with Crippen molar-refractivity contribution < 1.29 is 13.2 Å². The molecule has 4 rings (SSSR count). The predicted molar refractivity (Wildman–Crippen MR) is 113 cm³/mol. The third kappa shape index (κ3) is 4.09. The SMILES string of the molecule is Cc1ccc(NC(=O)c2cccc(S(=O)(=O)N3CCc4ccccc4C3)c2)cc1. The van der Waals surface area contributed by atoms with Crippen LogP contribution in [0.4, 0.5) is 5.69 Å². The maximum atomic E-state index is 13.2. The first kappa shape index (κ1) is 19.4. The maximum absolute atomic E-state index is 13.2. The van der Waals surface area contributed by atoms with Crippen LogP contribution in [0.2, 0.25) is 0 Å². The van der Waals surface area contributed by atoms with Gasteiger partial charge in [0.1, 0.15) is 0 Å². The van der Waals surface area contributed by atoms with E-state index in [1.807, 2.05) is 55.5 Å². The third-order valence-corrected chi connectivity index (χ3v) is 6.98. The van der Waals surface area contributed by atoms with E-state index in [-0.39, 0.29) is 10.8 Å². The lowest BCUT2D eigenvalue weighted by atomic mass is 10.0. The van der Waals surface area contributed by atoms with E-state index in [0.29, 0.717) is 30.8 Å². The van der Waals surface area contributed by atoms with Gasteiger partial charge < -0.3 is 5.32 Å². The number of hydrogen-bond acceptors (Lipinski definition) is 3. The van der Waals surface area contributed by atoms with Gasteiger partial charge in [-0.25, -0.2) is 8.42 Å². The molecular weight excluding hydrogens is 384 g/mol. The highest BCUT2D eigenvalue weighted by Gasteiger charge is 2.28. The lowest BCUT2D eigenvalue weighted by Gasteiger charge is -2.28. The molecule has 3 aromatic rings. The van der Waals surface area contributed by atoms with Crippen LogP contribution in [0.1, 0.15) is 27.0 Å². The molecule has 0 spiro atoms. The summed E-state index contributed by atoms with van der Waals surface area (Å²) in [5.41, 5.74) is 4.28. The van der Waals surface area contributed by atoms with E-state index in [1.165, 1.54) is 15.9 Å². The van der Waals surface area contributed by atoms with Gasteiger partial charge in [0.25, 0.3) is 5.91 Å². The smallest absolute Gasteiger partial charge is 0.255 e. The highest BCUT2D eigenvalue weighted by Crippen LogP contribution is 2.25. The van der Waals surface area contributed by atoms with E-state index in [9.17, 15) is 13.2 Å². The van der Waals surface area contributed by atoms with Crippen LogP contribution < -0.4 is 5.32 Å². The topological polar surface area (TPSA) is 66.5 Å². The van der Waals surface area contributed by atoms with Crippen molar-refractivity contribution in [3.63, 3.8) is 0 Å². The number of anilines is 1. The molecule has 0 saturated heterocycles. The summed E-state index contributed by atoms with van der Waals surface area (Å²) in [4.78, 5) is 12.7. The minimum absolute atomic E-state index is 0.133. The number of rotatable bonds is 4. The Kier molecular flexibility index (Phi) is 5.22. The van der Waals surface area contributed by atoms with Crippen molar-refractivity contribution in [2.75, 3.05) is 11.9 Å². The van der Waals surface area contributed by atoms with Gasteiger partial charge in [-0.15, -0.1) is 0 Å². The lowest BCUT2D eigenvalue weighted by Crippen LogP contribution is -2.36. The van der Waals surface area contributed by atoms with Crippen LogP contribution in [0.15, 0.2) is 77.7 Å². The predicted octanol–water partition coefficient (Wildman–Crippen LogP) is 3.99. The van der Waals surface area contributed by atoms with Crippen LogP contribution in [0.5, 0.6) is 0 Å².